The summed E-state index contributed by atoms with van der Waals surface area (Å²) in [5, 5.41) is 5.93. The van der Waals surface area contributed by atoms with Gasteiger partial charge in [0.25, 0.3) is 0 Å². The van der Waals surface area contributed by atoms with Crippen LogP contribution in [-0.2, 0) is 9.59 Å². The number of hydrogen-bond acceptors (Lipinski definition) is 3. The van der Waals surface area contributed by atoms with Crippen LogP contribution in [0.5, 0.6) is 0 Å². The Labute approximate surface area is 145 Å². The van der Waals surface area contributed by atoms with Gasteiger partial charge in [-0.1, -0.05) is 22.0 Å². The number of carbonyl (C=O) groups is 2. The number of halogens is 2. The van der Waals surface area contributed by atoms with Crippen LogP contribution in [-0.4, -0.2) is 38.5 Å². The van der Waals surface area contributed by atoms with Crippen molar-refractivity contribution in [3.63, 3.8) is 0 Å². The summed E-state index contributed by atoms with van der Waals surface area (Å²) in [6.07, 6.45) is 1.17. The van der Waals surface area contributed by atoms with Gasteiger partial charge in [0, 0.05) is 29.7 Å². The highest BCUT2D eigenvalue weighted by atomic mass is 79.9. The lowest BCUT2D eigenvalue weighted by atomic mass is 10.1. The third-order valence-electron chi connectivity index (χ3n) is 3.52. The zero-order valence-electron chi connectivity index (χ0n) is 12.5. The Morgan fingerprint density at radius 1 is 1.41 bits per heavy atom. The number of carbonyl (C=O) groups excluding carboxylic acids is 2. The van der Waals surface area contributed by atoms with Crippen LogP contribution in [0.4, 0.5) is 5.69 Å². The van der Waals surface area contributed by atoms with Crippen LogP contribution >= 0.6 is 28.3 Å². The van der Waals surface area contributed by atoms with Gasteiger partial charge in [0.1, 0.15) is 0 Å². The van der Waals surface area contributed by atoms with E-state index in [9.17, 15) is 9.59 Å². The zero-order valence-corrected chi connectivity index (χ0v) is 14.9. The van der Waals surface area contributed by atoms with E-state index in [1.807, 2.05) is 31.3 Å². The minimum atomic E-state index is -0.258. The van der Waals surface area contributed by atoms with E-state index in [4.69, 9.17) is 0 Å². The third kappa shape index (κ3) is 4.97. The molecule has 0 aliphatic carbocycles. The summed E-state index contributed by atoms with van der Waals surface area (Å²) in [6.45, 7) is 1.96. The molecule has 1 aliphatic heterocycles. The summed E-state index contributed by atoms with van der Waals surface area (Å²) < 4.78 is 0.924. The van der Waals surface area contributed by atoms with Crippen molar-refractivity contribution >= 4 is 45.8 Å². The summed E-state index contributed by atoms with van der Waals surface area (Å²) in [7, 11) is 1.88. The highest BCUT2D eigenvalue weighted by Gasteiger charge is 2.34. The molecule has 5 nitrogen and oxygen atoms in total. The topological polar surface area (TPSA) is 61.4 Å². The van der Waals surface area contributed by atoms with Crippen molar-refractivity contribution in [3.8, 4) is 0 Å². The van der Waals surface area contributed by atoms with Gasteiger partial charge < -0.3 is 15.5 Å². The van der Waals surface area contributed by atoms with Crippen LogP contribution < -0.4 is 15.5 Å². The van der Waals surface area contributed by atoms with Gasteiger partial charge in [-0.05, 0) is 38.2 Å². The maximum atomic E-state index is 12.1. The molecule has 0 saturated carbocycles. The van der Waals surface area contributed by atoms with Gasteiger partial charge in [-0.15, -0.1) is 12.4 Å². The van der Waals surface area contributed by atoms with Gasteiger partial charge in [-0.2, -0.15) is 0 Å². The molecule has 1 heterocycles. The van der Waals surface area contributed by atoms with Crippen molar-refractivity contribution in [2.75, 3.05) is 31.6 Å². The molecule has 122 valence electrons. The molecule has 1 unspecified atom stereocenters. The molecule has 1 aromatic carbocycles. The number of anilines is 1. The van der Waals surface area contributed by atoms with Crippen LogP contribution in [0.2, 0.25) is 0 Å². The minimum Gasteiger partial charge on any atom is -0.356 e. The van der Waals surface area contributed by atoms with Crippen LogP contribution in [0, 0.1) is 5.92 Å². The molecule has 0 bridgehead atoms. The number of benzene rings is 1. The number of amides is 2. The summed E-state index contributed by atoms with van der Waals surface area (Å²) in [4.78, 5) is 25.9. The van der Waals surface area contributed by atoms with E-state index in [1.54, 1.807) is 4.90 Å². The van der Waals surface area contributed by atoms with E-state index >= 15 is 0 Å². The average molecular weight is 391 g/mol. The summed E-state index contributed by atoms with van der Waals surface area (Å²) in [5.41, 5.74) is 0.833. The SMILES string of the molecule is CNCCCNC(=O)C1CC(=O)N(c2cccc(Br)c2)C1.Cl. The van der Waals surface area contributed by atoms with Crippen LogP contribution in [0.1, 0.15) is 12.8 Å². The molecule has 0 spiro atoms. The molecule has 22 heavy (non-hydrogen) atoms. The molecule has 1 atom stereocenters. The Bertz CT molecular complexity index is 527. The van der Waals surface area contributed by atoms with E-state index in [1.165, 1.54) is 0 Å². The Hall–Kier alpha value is -1.11. The van der Waals surface area contributed by atoms with E-state index in [-0.39, 0.29) is 36.6 Å². The number of nitrogens with one attached hydrogen (secondary N) is 2. The highest BCUT2D eigenvalue weighted by Crippen LogP contribution is 2.27. The summed E-state index contributed by atoms with van der Waals surface area (Å²) in [5.74, 6) is -0.286. The smallest absolute Gasteiger partial charge is 0.227 e. The van der Waals surface area contributed by atoms with Gasteiger partial charge in [0.05, 0.1) is 5.92 Å². The van der Waals surface area contributed by atoms with Gasteiger partial charge in [0.2, 0.25) is 11.8 Å². The lowest BCUT2D eigenvalue weighted by Gasteiger charge is -2.17. The van der Waals surface area contributed by atoms with Crippen LogP contribution in [0.15, 0.2) is 28.7 Å². The molecule has 2 rings (SSSR count). The Kier molecular flexibility index (Phi) is 7.85. The normalized spacial score (nSPS) is 17.3. The van der Waals surface area contributed by atoms with Crippen molar-refractivity contribution in [2.45, 2.75) is 12.8 Å². The molecule has 1 saturated heterocycles. The fraction of sp³-hybridized carbons (Fsp3) is 0.467. The maximum Gasteiger partial charge on any atom is 0.227 e. The van der Waals surface area contributed by atoms with Crippen molar-refractivity contribution < 1.29 is 9.59 Å². The van der Waals surface area contributed by atoms with Crippen LogP contribution in [0.3, 0.4) is 0 Å². The fourth-order valence-corrected chi connectivity index (χ4v) is 2.79. The standard InChI is InChI=1S/C15H20BrN3O2.ClH/c1-17-6-3-7-18-15(21)11-8-14(20)19(10-11)13-5-2-4-12(16)9-13;/h2,4-5,9,11,17H,3,6-8,10H2,1H3,(H,18,21);1H. The zero-order chi connectivity index (χ0) is 15.2. The van der Waals surface area contributed by atoms with E-state index < -0.39 is 0 Å². The molecule has 1 aromatic rings. The first kappa shape index (κ1) is 18.9. The quantitative estimate of drug-likeness (QED) is 0.730. The number of rotatable bonds is 6. The molecular formula is C15H21BrClN3O2. The van der Waals surface area contributed by atoms with Gasteiger partial charge in [-0.25, -0.2) is 0 Å². The maximum absolute atomic E-state index is 12.1. The molecule has 0 aromatic heterocycles. The Balaban J connectivity index is 0.00000242. The first-order chi connectivity index (χ1) is 10.1. The van der Waals surface area contributed by atoms with Crippen molar-refractivity contribution in [2.24, 2.45) is 5.92 Å². The molecule has 2 N–H and O–H groups in total. The molecule has 0 radical (unpaired) electrons. The summed E-state index contributed by atoms with van der Waals surface area (Å²) >= 11 is 3.40. The van der Waals surface area contributed by atoms with E-state index in [2.05, 4.69) is 26.6 Å². The molecule has 1 aliphatic rings. The van der Waals surface area contributed by atoms with E-state index in [0.717, 1.165) is 23.1 Å². The van der Waals surface area contributed by atoms with Gasteiger partial charge in [0.15, 0.2) is 0 Å². The predicted octanol–water partition coefficient (Wildman–Crippen LogP) is 1.95. The lowest BCUT2D eigenvalue weighted by Crippen LogP contribution is -2.34. The average Bonchev–Trinajstić information content (AvgIpc) is 2.85. The van der Waals surface area contributed by atoms with E-state index in [0.29, 0.717) is 13.1 Å². The molecular weight excluding hydrogens is 370 g/mol. The largest absolute Gasteiger partial charge is 0.356 e. The predicted molar refractivity (Wildman–Crippen MR) is 93.4 cm³/mol. The first-order valence-corrected chi connectivity index (χ1v) is 7.89. The summed E-state index contributed by atoms with van der Waals surface area (Å²) in [6, 6.07) is 7.58. The molecule has 7 heteroatoms. The van der Waals surface area contributed by atoms with Gasteiger partial charge >= 0.3 is 0 Å². The number of nitrogens with zero attached hydrogens (tertiary/aromatic N) is 1. The molecule has 2 amide bonds. The van der Waals surface area contributed by atoms with Crippen molar-refractivity contribution in [1.82, 2.24) is 10.6 Å². The highest BCUT2D eigenvalue weighted by molar-refractivity contribution is 9.10. The molecule has 1 fully saturated rings. The first-order valence-electron chi connectivity index (χ1n) is 7.10. The van der Waals surface area contributed by atoms with Crippen molar-refractivity contribution in [3.05, 3.63) is 28.7 Å². The number of hydrogen-bond donors (Lipinski definition) is 2. The van der Waals surface area contributed by atoms with Gasteiger partial charge in [-0.3, -0.25) is 9.59 Å². The minimum absolute atomic E-state index is 0. The second kappa shape index (κ2) is 9.12. The second-order valence-electron chi connectivity index (χ2n) is 5.13. The third-order valence-corrected chi connectivity index (χ3v) is 4.01. The monoisotopic (exact) mass is 389 g/mol. The second-order valence-corrected chi connectivity index (χ2v) is 6.05. The van der Waals surface area contributed by atoms with Crippen LogP contribution in [0.25, 0.3) is 0 Å². The Morgan fingerprint density at radius 2 is 2.18 bits per heavy atom. The van der Waals surface area contributed by atoms with Crippen molar-refractivity contribution in [1.29, 1.82) is 0 Å². The lowest BCUT2D eigenvalue weighted by molar-refractivity contribution is -0.126. The Morgan fingerprint density at radius 3 is 2.86 bits per heavy atom. The fourth-order valence-electron chi connectivity index (χ4n) is 2.40.